The van der Waals surface area contributed by atoms with Gasteiger partial charge in [0.1, 0.15) is 17.0 Å². The van der Waals surface area contributed by atoms with Gasteiger partial charge >= 0.3 is 0 Å². The first-order chi connectivity index (χ1) is 20.0. The molecule has 1 saturated heterocycles. The second-order valence-corrected chi connectivity index (χ2v) is 13.8. The van der Waals surface area contributed by atoms with Crippen LogP contribution in [0.1, 0.15) is 51.8 Å². The van der Waals surface area contributed by atoms with Crippen molar-refractivity contribution in [1.82, 2.24) is 14.7 Å². The summed E-state index contributed by atoms with van der Waals surface area (Å²) in [5, 5.41) is 2.11. The number of benzene rings is 2. The van der Waals surface area contributed by atoms with Crippen LogP contribution in [0.25, 0.3) is 0 Å². The summed E-state index contributed by atoms with van der Waals surface area (Å²) in [4.78, 5) is 39.3. The minimum absolute atomic E-state index is 0.0300. The lowest BCUT2D eigenvalue weighted by Gasteiger charge is -2.37. The summed E-state index contributed by atoms with van der Waals surface area (Å²) in [5.74, 6) is 0.0591. The topological polar surface area (TPSA) is 65.5 Å². The SMILES string of the molecule is CC(C)CN(CC(=O)N1CCOCC1)C(=O)C1=C(C(C)C)N2C(=N[C@@](C)(c3ccc(Cl)cc3)[C@H]2c2ccc(Cl)cc2)S1. The Morgan fingerprint density at radius 1 is 1.02 bits per heavy atom. The zero-order chi connectivity index (χ0) is 30.2. The van der Waals surface area contributed by atoms with Gasteiger partial charge in [-0.05, 0) is 65.9 Å². The summed E-state index contributed by atoms with van der Waals surface area (Å²) in [5.41, 5.74) is 2.36. The second-order valence-electron chi connectivity index (χ2n) is 11.9. The van der Waals surface area contributed by atoms with E-state index in [-0.39, 0.29) is 36.2 Å². The molecule has 10 heteroatoms. The smallest absolute Gasteiger partial charge is 0.263 e. The lowest BCUT2D eigenvalue weighted by Crippen LogP contribution is -2.48. The van der Waals surface area contributed by atoms with Gasteiger partial charge < -0.3 is 19.4 Å². The highest BCUT2D eigenvalue weighted by atomic mass is 35.5. The number of carbonyl (C=O) groups is 2. The number of amides is 2. The first kappa shape index (κ1) is 30.9. The lowest BCUT2D eigenvalue weighted by atomic mass is 9.81. The number of allylic oxidation sites excluding steroid dienone is 1. The van der Waals surface area contributed by atoms with Crippen molar-refractivity contribution in [1.29, 1.82) is 0 Å². The van der Waals surface area contributed by atoms with Gasteiger partial charge in [0.2, 0.25) is 5.91 Å². The van der Waals surface area contributed by atoms with Crippen molar-refractivity contribution in [2.45, 2.75) is 46.2 Å². The molecule has 0 unspecified atom stereocenters. The van der Waals surface area contributed by atoms with Crippen LogP contribution in [0.15, 0.2) is 64.1 Å². The fraction of sp³-hybridized carbons (Fsp3) is 0.469. The number of morpholine rings is 1. The molecule has 2 amide bonds. The molecule has 5 rings (SSSR count). The van der Waals surface area contributed by atoms with Crippen LogP contribution < -0.4 is 0 Å². The number of thioether (sulfide) groups is 1. The molecule has 1 fully saturated rings. The first-order valence-electron chi connectivity index (χ1n) is 14.5. The number of aliphatic imine (C=N–C) groups is 1. The summed E-state index contributed by atoms with van der Waals surface area (Å²) in [6.07, 6.45) is 0. The molecule has 0 radical (unpaired) electrons. The maximum Gasteiger partial charge on any atom is 0.263 e. The van der Waals surface area contributed by atoms with E-state index in [9.17, 15) is 9.59 Å². The van der Waals surface area contributed by atoms with Gasteiger partial charge in [-0.3, -0.25) is 9.59 Å². The van der Waals surface area contributed by atoms with Crippen molar-refractivity contribution in [2.24, 2.45) is 16.8 Å². The van der Waals surface area contributed by atoms with E-state index in [0.29, 0.717) is 47.8 Å². The van der Waals surface area contributed by atoms with Crippen molar-refractivity contribution in [3.05, 3.63) is 80.3 Å². The van der Waals surface area contributed by atoms with Crippen molar-refractivity contribution in [3.8, 4) is 0 Å². The molecule has 7 nitrogen and oxygen atoms in total. The fourth-order valence-electron chi connectivity index (χ4n) is 5.94. The third-order valence-corrected chi connectivity index (χ3v) is 9.49. The minimum atomic E-state index is -0.639. The molecule has 3 aliphatic heterocycles. The van der Waals surface area contributed by atoms with Gasteiger partial charge in [-0.15, -0.1) is 0 Å². The van der Waals surface area contributed by atoms with E-state index < -0.39 is 5.54 Å². The number of amidine groups is 1. The molecular formula is C32H38Cl2N4O3S. The largest absolute Gasteiger partial charge is 0.378 e. The highest BCUT2D eigenvalue weighted by molar-refractivity contribution is 8.18. The number of carbonyl (C=O) groups excluding carboxylic acids is 2. The monoisotopic (exact) mass is 628 g/mol. The number of fused-ring (bicyclic) bond motifs is 1. The maximum absolute atomic E-state index is 14.3. The third-order valence-electron chi connectivity index (χ3n) is 7.93. The van der Waals surface area contributed by atoms with E-state index in [1.807, 2.05) is 48.5 Å². The Bertz CT molecular complexity index is 1390. The van der Waals surface area contributed by atoms with Crippen LogP contribution in [0, 0.1) is 11.8 Å². The standard InChI is InChI=1S/C32H38Cl2N4O3S/c1-20(2)18-37(19-26(39)36-14-16-41-17-15-36)30(40)28-27(21(3)4)38-29(22-6-10-24(33)11-7-22)32(5,35-31(38)42-28)23-8-12-25(34)13-9-23/h6-13,20-21,29H,14-19H2,1-5H3/t29-,32+/m1/s1. The van der Waals surface area contributed by atoms with Crippen LogP contribution in [0.3, 0.4) is 0 Å². The summed E-state index contributed by atoms with van der Waals surface area (Å²) in [6.45, 7) is 13.1. The van der Waals surface area contributed by atoms with Gasteiger partial charge in [-0.2, -0.15) is 0 Å². The van der Waals surface area contributed by atoms with Gasteiger partial charge in [-0.1, -0.05) is 75.2 Å². The summed E-state index contributed by atoms with van der Waals surface area (Å²) in [6, 6.07) is 15.5. The van der Waals surface area contributed by atoms with E-state index in [1.54, 1.807) is 9.80 Å². The van der Waals surface area contributed by atoms with Crippen molar-refractivity contribution in [2.75, 3.05) is 39.4 Å². The van der Waals surface area contributed by atoms with Gasteiger partial charge in [0.05, 0.1) is 19.3 Å². The van der Waals surface area contributed by atoms with E-state index in [2.05, 4.69) is 39.5 Å². The zero-order valence-electron chi connectivity index (χ0n) is 24.8. The molecular weight excluding hydrogens is 591 g/mol. The second kappa shape index (κ2) is 12.6. The average molecular weight is 630 g/mol. The molecule has 0 aromatic heterocycles. The zero-order valence-corrected chi connectivity index (χ0v) is 27.1. The fourth-order valence-corrected chi connectivity index (χ4v) is 7.57. The van der Waals surface area contributed by atoms with Crippen molar-refractivity contribution < 1.29 is 14.3 Å². The molecule has 0 spiro atoms. The average Bonchev–Trinajstić information content (AvgIpc) is 3.46. The Morgan fingerprint density at radius 2 is 1.62 bits per heavy atom. The minimum Gasteiger partial charge on any atom is -0.378 e. The molecule has 3 heterocycles. The van der Waals surface area contributed by atoms with E-state index in [4.69, 9.17) is 32.9 Å². The number of hydrogen-bond acceptors (Lipinski definition) is 6. The van der Waals surface area contributed by atoms with Gasteiger partial charge in [0.15, 0.2) is 5.17 Å². The molecule has 0 bridgehead atoms. The Morgan fingerprint density at radius 3 is 2.19 bits per heavy atom. The third kappa shape index (κ3) is 6.09. The highest BCUT2D eigenvalue weighted by Crippen LogP contribution is 2.56. The van der Waals surface area contributed by atoms with Crippen LogP contribution in [0.5, 0.6) is 0 Å². The van der Waals surface area contributed by atoms with E-state index in [0.717, 1.165) is 22.0 Å². The molecule has 0 N–H and O–H groups in total. The highest BCUT2D eigenvalue weighted by Gasteiger charge is 2.53. The Hall–Kier alpha value is -2.52. The van der Waals surface area contributed by atoms with Crippen LogP contribution in [0.2, 0.25) is 10.0 Å². The van der Waals surface area contributed by atoms with Crippen molar-refractivity contribution in [3.63, 3.8) is 0 Å². The van der Waals surface area contributed by atoms with Crippen LogP contribution in [0.4, 0.5) is 0 Å². The summed E-state index contributed by atoms with van der Waals surface area (Å²) < 4.78 is 5.42. The lowest BCUT2D eigenvalue weighted by molar-refractivity contribution is -0.141. The van der Waals surface area contributed by atoms with Gasteiger partial charge in [0, 0.05) is 35.4 Å². The number of hydrogen-bond donors (Lipinski definition) is 0. The van der Waals surface area contributed by atoms with Crippen LogP contribution in [-0.4, -0.2) is 71.1 Å². The van der Waals surface area contributed by atoms with E-state index in [1.165, 1.54) is 11.8 Å². The Labute approximate surface area is 262 Å². The van der Waals surface area contributed by atoms with E-state index >= 15 is 0 Å². The van der Waals surface area contributed by atoms with Gasteiger partial charge in [-0.25, -0.2) is 4.99 Å². The quantitative estimate of drug-likeness (QED) is 0.330. The Balaban J connectivity index is 1.55. The normalized spacial score (nSPS) is 22.2. The Kier molecular flexibility index (Phi) is 9.28. The molecule has 42 heavy (non-hydrogen) atoms. The molecule has 0 aliphatic carbocycles. The summed E-state index contributed by atoms with van der Waals surface area (Å²) in [7, 11) is 0. The van der Waals surface area contributed by atoms with Crippen molar-refractivity contribution >= 4 is 51.9 Å². The van der Waals surface area contributed by atoms with Crippen LogP contribution in [-0.2, 0) is 19.9 Å². The first-order valence-corrected chi connectivity index (χ1v) is 16.0. The van der Waals surface area contributed by atoms with Gasteiger partial charge in [0.25, 0.3) is 5.91 Å². The predicted octanol–water partition coefficient (Wildman–Crippen LogP) is 6.58. The number of nitrogens with zero attached hydrogens (tertiary/aromatic N) is 4. The molecule has 2 atom stereocenters. The number of ether oxygens (including phenoxy) is 1. The molecule has 224 valence electrons. The molecule has 3 aliphatic rings. The number of rotatable bonds is 8. The maximum atomic E-state index is 14.3. The number of halogens is 2. The molecule has 0 saturated carbocycles. The summed E-state index contributed by atoms with van der Waals surface area (Å²) >= 11 is 14.0. The van der Waals surface area contributed by atoms with Crippen LogP contribution >= 0.6 is 35.0 Å². The molecule has 2 aromatic rings. The predicted molar refractivity (Wildman–Crippen MR) is 171 cm³/mol. The molecule has 2 aromatic carbocycles.